The predicted octanol–water partition coefficient (Wildman–Crippen LogP) is 1.81. The van der Waals surface area contributed by atoms with Crippen LogP contribution in [-0.4, -0.2) is 43.9 Å². The van der Waals surface area contributed by atoms with Gasteiger partial charge in [-0.2, -0.15) is 0 Å². The van der Waals surface area contributed by atoms with Crippen molar-refractivity contribution in [2.24, 2.45) is 5.73 Å². The number of benzene rings is 1. The van der Waals surface area contributed by atoms with Gasteiger partial charge in [0.1, 0.15) is 5.75 Å². The summed E-state index contributed by atoms with van der Waals surface area (Å²) in [4.78, 5) is 2.44. The number of ether oxygens (including phenoxy) is 2. The van der Waals surface area contributed by atoms with E-state index in [1.807, 2.05) is 12.1 Å². The molecule has 1 unspecified atom stereocenters. The first-order chi connectivity index (χ1) is 9.08. The Bertz CT molecular complexity index is 403. The van der Waals surface area contributed by atoms with Gasteiger partial charge in [0.2, 0.25) is 0 Å². The topological polar surface area (TPSA) is 47.7 Å². The summed E-state index contributed by atoms with van der Waals surface area (Å²) in [6, 6.07) is 8.41. The molecule has 1 aliphatic heterocycles. The van der Waals surface area contributed by atoms with Gasteiger partial charge < -0.3 is 15.2 Å². The van der Waals surface area contributed by atoms with Crippen LogP contribution in [0, 0.1) is 0 Å². The number of hydrogen-bond acceptors (Lipinski definition) is 4. The zero-order chi connectivity index (χ0) is 13.9. The van der Waals surface area contributed by atoms with E-state index in [1.54, 1.807) is 7.11 Å². The maximum Gasteiger partial charge on any atom is 0.118 e. The summed E-state index contributed by atoms with van der Waals surface area (Å²) < 4.78 is 10.8. The number of methoxy groups -OCH3 is 1. The van der Waals surface area contributed by atoms with Crippen LogP contribution in [0.3, 0.4) is 0 Å². The number of nitrogens with two attached hydrogens (primary N) is 1. The van der Waals surface area contributed by atoms with E-state index in [4.69, 9.17) is 15.2 Å². The molecule has 4 nitrogen and oxygen atoms in total. The number of hydrogen-bond donors (Lipinski definition) is 1. The van der Waals surface area contributed by atoms with Crippen LogP contribution in [0.15, 0.2) is 24.3 Å². The van der Waals surface area contributed by atoms with Crippen LogP contribution in [-0.2, 0) is 4.74 Å². The van der Waals surface area contributed by atoms with Crippen molar-refractivity contribution in [2.45, 2.75) is 25.4 Å². The summed E-state index contributed by atoms with van der Waals surface area (Å²) in [5.74, 6) is 0.876. The quantitative estimate of drug-likeness (QED) is 0.901. The molecular formula is C15H24N2O2. The van der Waals surface area contributed by atoms with Crippen LogP contribution in [0.25, 0.3) is 0 Å². The van der Waals surface area contributed by atoms with E-state index in [9.17, 15) is 0 Å². The summed E-state index contributed by atoms with van der Waals surface area (Å²) in [5.41, 5.74) is 7.26. The molecule has 1 heterocycles. The normalized spacial score (nSPS) is 21.1. The minimum Gasteiger partial charge on any atom is -0.497 e. The second-order valence-corrected chi connectivity index (χ2v) is 5.58. The van der Waals surface area contributed by atoms with Gasteiger partial charge in [0.25, 0.3) is 0 Å². The molecule has 1 saturated heterocycles. The lowest BCUT2D eigenvalue weighted by atomic mass is 9.95. The van der Waals surface area contributed by atoms with Crippen molar-refractivity contribution >= 4 is 0 Å². The second-order valence-electron chi connectivity index (χ2n) is 5.58. The molecule has 2 N–H and O–H groups in total. The summed E-state index contributed by atoms with van der Waals surface area (Å²) in [6.45, 7) is 7.46. The summed E-state index contributed by atoms with van der Waals surface area (Å²) in [6.07, 6.45) is 0. The molecule has 0 spiro atoms. The van der Waals surface area contributed by atoms with Crippen molar-refractivity contribution in [1.29, 1.82) is 0 Å². The minimum atomic E-state index is 0.0161. The highest BCUT2D eigenvalue weighted by atomic mass is 16.5. The van der Waals surface area contributed by atoms with Gasteiger partial charge in [0.15, 0.2) is 0 Å². The van der Waals surface area contributed by atoms with Crippen LogP contribution < -0.4 is 10.5 Å². The highest BCUT2D eigenvalue weighted by Crippen LogP contribution is 2.30. The molecule has 1 fully saturated rings. The number of nitrogens with zero attached hydrogens (tertiary/aromatic N) is 1. The van der Waals surface area contributed by atoms with Gasteiger partial charge in [-0.15, -0.1) is 0 Å². The SMILES string of the molecule is COc1ccc(C(CN)N2CCOCC2(C)C)cc1. The lowest BCUT2D eigenvalue weighted by molar-refractivity contribution is -0.0712. The monoisotopic (exact) mass is 264 g/mol. The van der Waals surface area contributed by atoms with Crippen LogP contribution in [0.5, 0.6) is 5.75 Å². The Morgan fingerprint density at radius 3 is 2.58 bits per heavy atom. The number of rotatable bonds is 4. The van der Waals surface area contributed by atoms with E-state index in [0.717, 1.165) is 25.5 Å². The maximum atomic E-state index is 6.01. The fourth-order valence-corrected chi connectivity index (χ4v) is 2.72. The Morgan fingerprint density at radius 1 is 1.37 bits per heavy atom. The van der Waals surface area contributed by atoms with Crippen molar-refractivity contribution in [3.8, 4) is 5.75 Å². The summed E-state index contributed by atoms with van der Waals surface area (Å²) in [5, 5.41) is 0. The number of morpholine rings is 1. The molecule has 4 heteroatoms. The molecule has 0 amide bonds. The highest BCUT2D eigenvalue weighted by Gasteiger charge is 2.35. The molecule has 0 aromatic heterocycles. The van der Waals surface area contributed by atoms with E-state index in [2.05, 4.69) is 30.9 Å². The zero-order valence-corrected chi connectivity index (χ0v) is 12.1. The average molecular weight is 264 g/mol. The maximum absolute atomic E-state index is 6.01. The lowest BCUT2D eigenvalue weighted by Crippen LogP contribution is -2.55. The van der Waals surface area contributed by atoms with E-state index >= 15 is 0 Å². The molecule has 2 rings (SSSR count). The van der Waals surface area contributed by atoms with Crippen LogP contribution in [0.4, 0.5) is 0 Å². The Kier molecular flexibility index (Phi) is 4.45. The molecular weight excluding hydrogens is 240 g/mol. The molecule has 0 radical (unpaired) electrons. The third kappa shape index (κ3) is 3.08. The van der Waals surface area contributed by atoms with Crippen molar-refractivity contribution in [3.63, 3.8) is 0 Å². The fraction of sp³-hybridized carbons (Fsp3) is 0.600. The van der Waals surface area contributed by atoms with Crippen LogP contribution in [0.1, 0.15) is 25.5 Å². The predicted molar refractivity (Wildman–Crippen MR) is 76.4 cm³/mol. The highest BCUT2D eigenvalue weighted by molar-refractivity contribution is 5.29. The molecule has 1 aromatic carbocycles. The van der Waals surface area contributed by atoms with Crippen LogP contribution in [0.2, 0.25) is 0 Å². The largest absolute Gasteiger partial charge is 0.497 e. The third-order valence-corrected chi connectivity index (χ3v) is 3.81. The average Bonchev–Trinajstić information content (AvgIpc) is 2.42. The molecule has 0 aliphatic carbocycles. The summed E-state index contributed by atoms with van der Waals surface area (Å²) in [7, 11) is 1.68. The summed E-state index contributed by atoms with van der Waals surface area (Å²) >= 11 is 0. The molecule has 0 saturated carbocycles. The molecule has 19 heavy (non-hydrogen) atoms. The van der Waals surface area contributed by atoms with Gasteiger partial charge in [-0.3, -0.25) is 4.90 Å². The smallest absolute Gasteiger partial charge is 0.118 e. The van der Waals surface area contributed by atoms with Gasteiger partial charge in [0.05, 0.1) is 20.3 Å². The Labute approximate surface area is 115 Å². The zero-order valence-electron chi connectivity index (χ0n) is 12.1. The van der Waals surface area contributed by atoms with E-state index in [0.29, 0.717) is 6.54 Å². The van der Waals surface area contributed by atoms with E-state index < -0.39 is 0 Å². The van der Waals surface area contributed by atoms with Crippen molar-refractivity contribution < 1.29 is 9.47 Å². The van der Waals surface area contributed by atoms with Gasteiger partial charge in [-0.1, -0.05) is 12.1 Å². The van der Waals surface area contributed by atoms with Crippen molar-refractivity contribution in [1.82, 2.24) is 4.90 Å². The van der Waals surface area contributed by atoms with Gasteiger partial charge in [0, 0.05) is 24.7 Å². The molecule has 0 bridgehead atoms. The first-order valence-corrected chi connectivity index (χ1v) is 6.77. The van der Waals surface area contributed by atoms with Gasteiger partial charge >= 0.3 is 0 Å². The Morgan fingerprint density at radius 2 is 2.05 bits per heavy atom. The first-order valence-electron chi connectivity index (χ1n) is 6.77. The second kappa shape index (κ2) is 5.90. The minimum absolute atomic E-state index is 0.0161. The van der Waals surface area contributed by atoms with Gasteiger partial charge in [-0.05, 0) is 31.5 Å². The van der Waals surface area contributed by atoms with E-state index in [1.165, 1.54) is 5.56 Å². The Balaban J connectivity index is 2.22. The fourth-order valence-electron chi connectivity index (χ4n) is 2.72. The molecule has 1 atom stereocenters. The first kappa shape index (κ1) is 14.3. The third-order valence-electron chi connectivity index (χ3n) is 3.81. The molecule has 1 aliphatic rings. The standard InChI is InChI=1S/C15H24N2O2/c1-15(2)11-19-9-8-17(15)14(10-16)12-4-6-13(18-3)7-5-12/h4-7,14H,8-11,16H2,1-3H3. The molecule has 106 valence electrons. The lowest BCUT2D eigenvalue weighted by Gasteiger charge is -2.46. The molecule has 1 aromatic rings. The Hall–Kier alpha value is -1.10. The van der Waals surface area contributed by atoms with Crippen LogP contribution >= 0.6 is 0 Å². The van der Waals surface area contributed by atoms with Gasteiger partial charge in [-0.25, -0.2) is 0 Å². The van der Waals surface area contributed by atoms with Crippen molar-refractivity contribution in [2.75, 3.05) is 33.4 Å². The van der Waals surface area contributed by atoms with E-state index in [-0.39, 0.29) is 11.6 Å². The van der Waals surface area contributed by atoms with Crippen molar-refractivity contribution in [3.05, 3.63) is 29.8 Å².